The lowest BCUT2D eigenvalue weighted by molar-refractivity contribution is -0.145. The smallest absolute Gasteiger partial charge is 0.314 e. The summed E-state index contributed by atoms with van der Waals surface area (Å²) in [6, 6.07) is 5.99. The van der Waals surface area contributed by atoms with Crippen LogP contribution in [0.2, 0.25) is 0 Å². The SMILES string of the molecule is O=C(O)C1(c2ccc3c(c2)OCC3)CCCCC1. The van der Waals surface area contributed by atoms with Crippen LogP contribution in [0.3, 0.4) is 0 Å². The summed E-state index contributed by atoms with van der Waals surface area (Å²) in [6.07, 6.45) is 5.60. The van der Waals surface area contributed by atoms with Gasteiger partial charge in [0, 0.05) is 6.42 Å². The Hall–Kier alpha value is -1.51. The summed E-state index contributed by atoms with van der Waals surface area (Å²) in [5.74, 6) is 0.207. The van der Waals surface area contributed by atoms with Gasteiger partial charge >= 0.3 is 5.97 Å². The first-order valence-electron chi connectivity index (χ1n) is 6.72. The molecule has 0 bridgehead atoms. The van der Waals surface area contributed by atoms with Crippen LogP contribution >= 0.6 is 0 Å². The highest BCUT2D eigenvalue weighted by Gasteiger charge is 2.41. The Morgan fingerprint density at radius 2 is 2.00 bits per heavy atom. The van der Waals surface area contributed by atoms with Crippen LogP contribution in [0.4, 0.5) is 0 Å². The molecular weight excluding hydrogens is 228 g/mol. The molecule has 1 aromatic rings. The van der Waals surface area contributed by atoms with Gasteiger partial charge in [0.15, 0.2) is 0 Å². The van der Waals surface area contributed by atoms with Crippen LogP contribution in [0.25, 0.3) is 0 Å². The van der Waals surface area contributed by atoms with E-state index in [-0.39, 0.29) is 0 Å². The number of carboxylic acids is 1. The molecular formula is C15H18O3. The van der Waals surface area contributed by atoms with Crippen LogP contribution in [0, 0.1) is 0 Å². The molecule has 0 amide bonds. The summed E-state index contributed by atoms with van der Waals surface area (Å²) in [5, 5.41) is 9.65. The van der Waals surface area contributed by atoms with E-state index in [2.05, 4.69) is 0 Å². The van der Waals surface area contributed by atoms with Crippen molar-refractivity contribution in [2.75, 3.05) is 6.61 Å². The molecule has 0 saturated heterocycles. The maximum Gasteiger partial charge on any atom is 0.314 e. The lowest BCUT2D eigenvalue weighted by Gasteiger charge is -2.33. The molecule has 1 aromatic carbocycles. The number of ether oxygens (including phenoxy) is 1. The van der Waals surface area contributed by atoms with Crippen LogP contribution in [0.15, 0.2) is 18.2 Å². The first kappa shape index (κ1) is 11.6. The molecule has 96 valence electrons. The Kier molecular flexibility index (Phi) is 2.77. The second-order valence-electron chi connectivity index (χ2n) is 5.37. The van der Waals surface area contributed by atoms with Gasteiger partial charge in [-0.3, -0.25) is 4.79 Å². The van der Waals surface area contributed by atoms with E-state index in [1.54, 1.807) is 0 Å². The molecule has 3 nitrogen and oxygen atoms in total. The third kappa shape index (κ3) is 1.69. The van der Waals surface area contributed by atoms with Crippen LogP contribution in [-0.2, 0) is 16.6 Å². The van der Waals surface area contributed by atoms with E-state index in [0.717, 1.165) is 56.4 Å². The van der Waals surface area contributed by atoms with Gasteiger partial charge in [-0.15, -0.1) is 0 Å². The van der Waals surface area contributed by atoms with Gasteiger partial charge in [-0.05, 0) is 30.0 Å². The molecule has 0 unspecified atom stereocenters. The summed E-state index contributed by atoms with van der Waals surface area (Å²) >= 11 is 0. The van der Waals surface area contributed by atoms with E-state index < -0.39 is 11.4 Å². The standard InChI is InChI=1S/C15H18O3/c16-14(17)15(7-2-1-3-8-15)12-5-4-11-6-9-18-13(11)10-12/h4-5,10H,1-3,6-9H2,(H,16,17). The van der Waals surface area contributed by atoms with Crippen LogP contribution in [-0.4, -0.2) is 17.7 Å². The number of carboxylic acid groups (broad SMARTS) is 1. The maximum absolute atomic E-state index is 11.7. The monoisotopic (exact) mass is 246 g/mol. The molecule has 0 spiro atoms. The van der Waals surface area contributed by atoms with Crippen LogP contribution in [0.1, 0.15) is 43.2 Å². The highest BCUT2D eigenvalue weighted by Crippen LogP contribution is 2.42. The number of benzene rings is 1. The number of carbonyl (C=O) groups is 1. The van der Waals surface area contributed by atoms with E-state index >= 15 is 0 Å². The minimum absolute atomic E-state index is 0.680. The fourth-order valence-electron chi connectivity index (χ4n) is 3.25. The molecule has 2 aliphatic rings. The highest BCUT2D eigenvalue weighted by molar-refractivity contribution is 5.81. The van der Waals surface area contributed by atoms with Crippen molar-refractivity contribution in [1.82, 2.24) is 0 Å². The molecule has 0 radical (unpaired) electrons. The lowest BCUT2D eigenvalue weighted by Crippen LogP contribution is -2.37. The number of hydrogen-bond donors (Lipinski definition) is 1. The Labute approximate surface area is 107 Å². The van der Waals surface area contributed by atoms with Crippen molar-refractivity contribution >= 4 is 5.97 Å². The molecule has 1 aliphatic heterocycles. The quantitative estimate of drug-likeness (QED) is 0.872. The molecule has 1 N–H and O–H groups in total. The number of rotatable bonds is 2. The molecule has 18 heavy (non-hydrogen) atoms. The lowest BCUT2D eigenvalue weighted by atomic mass is 9.69. The van der Waals surface area contributed by atoms with Crippen molar-refractivity contribution < 1.29 is 14.6 Å². The van der Waals surface area contributed by atoms with Gasteiger partial charge in [0.2, 0.25) is 0 Å². The second-order valence-corrected chi connectivity index (χ2v) is 5.37. The maximum atomic E-state index is 11.7. The zero-order valence-electron chi connectivity index (χ0n) is 10.4. The summed E-state index contributed by atoms with van der Waals surface area (Å²) in [5.41, 5.74) is 1.45. The summed E-state index contributed by atoms with van der Waals surface area (Å²) in [6.45, 7) is 0.721. The fraction of sp³-hybridized carbons (Fsp3) is 0.533. The average molecular weight is 246 g/mol. The number of aliphatic carboxylic acids is 1. The van der Waals surface area contributed by atoms with Gasteiger partial charge in [0.25, 0.3) is 0 Å². The molecule has 1 fully saturated rings. The van der Waals surface area contributed by atoms with Crippen molar-refractivity contribution in [3.8, 4) is 5.75 Å². The second kappa shape index (κ2) is 4.30. The number of hydrogen-bond acceptors (Lipinski definition) is 2. The van der Waals surface area contributed by atoms with Crippen molar-refractivity contribution in [3.63, 3.8) is 0 Å². The third-order valence-electron chi connectivity index (χ3n) is 4.37. The first-order valence-corrected chi connectivity index (χ1v) is 6.72. The Bertz CT molecular complexity index is 473. The topological polar surface area (TPSA) is 46.5 Å². The molecule has 3 rings (SSSR count). The normalized spacial score (nSPS) is 21.1. The van der Waals surface area contributed by atoms with E-state index in [1.165, 1.54) is 5.56 Å². The predicted molar refractivity (Wildman–Crippen MR) is 68.0 cm³/mol. The van der Waals surface area contributed by atoms with Gasteiger partial charge < -0.3 is 9.84 Å². The summed E-state index contributed by atoms with van der Waals surface area (Å²) in [7, 11) is 0. The van der Waals surface area contributed by atoms with Crippen LogP contribution < -0.4 is 4.74 Å². The van der Waals surface area contributed by atoms with E-state index in [1.807, 2.05) is 18.2 Å². The van der Waals surface area contributed by atoms with Crippen molar-refractivity contribution in [2.45, 2.75) is 43.9 Å². The van der Waals surface area contributed by atoms with E-state index in [4.69, 9.17) is 4.74 Å². The van der Waals surface area contributed by atoms with Crippen molar-refractivity contribution in [2.24, 2.45) is 0 Å². The highest BCUT2D eigenvalue weighted by atomic mass is 16.5. The zero-order valence-corrected chi connectivity index (χ0v) is 10.4. The molecule has 0 atom stereocenters. The van der Waals surface area contributed by atoms with Crippen molar-refractivity contribution in [1.29, 1.82) is 0 Å². The summed E-state index contributed by atoms with van der Waals surface area (Å²) in [4.78, 5) is 11.7. The van der Waals surface area contributed by atoms with Crippen LogP contribution in [0.5, 0.6) is 5.75 Å². The molecule has 1 aliphatic carbocycles. The minimum Gasteiger partial charge on any atom is -0.493 e. The van der Waals surface area contributed by atoms with Crippen molar-refractivity contribution in [3.05, 3.63) is 29.3 Å². The fourth-order valence-corrected chi connectivity index (χ4v) is 3.25. The Morgan fingerprint density at radius 3 is 2.72 bits per heavy atom. The zero-order chi connectivity index (χ0) is 12.6. The van der Waals surface area contributed by atoms with Gasteiger partial charge in [-0.1, -0.05) is 31.4 Å². The molecule has 3 heteroatoms. The van der Waals surface area contributed by atoms with Gasteiger partial charge in [-0.2, -0.15) is 0 Å². The Balaban J connectivity index is 2.02. The molecule has 1 heterocycles. The average Bonchev–Trinajstić information content (AvgIpc) is 2.86. The predicted octanol–water partition coefficient (Wildman–Crippen LogP) is 2.91. The Morgan fingerprint density at radius 1 is 1.22 bits per heavy atom. The van der Waals surface area contributed by atoms with E-state index in [0.29, 0.717) is 0 Å². The third-order valence-corrected chi connectivity index (χ3v) is 4.37. The van der Waals surface area contributed by atoms with E-state index in [9.17, 15) is 9.90 Å². The van der Waals surface area contributed by atoms with Gasteiger partial charge in [-0.25, -0.2) is 0 Å². The first-order chi connectivity index (χ1) is 8.72. The molecule has 1 saturated carbocycles. The van der Waals surface area contributed by atoms with Gasteiger partial charge in [0.1, 0.15) is 5.75 Å². The number of fused-ring (bicyclic) bond motifs is 1. The minimum atomic E-state index is -0.681. The summed E-state index contributed by atoms with van der Waals surface area (Å²) < 4.78 is 5.56. The molecule has 0 aromatic heterocycles. The largest absolute Gasteiger partial charge is 0.493 e. The van der Waals surface area contributed by atoms with Gasteiger partial charge in [0.05, 0.1) is 12.0 Å².